The Bertz CT molecular complexity index is 707. The molecule has 3 heterocycles. The van der Waals surface area contributed by atoms with E-state index in [1.54, 1.807) is 6.92 Å². The van der Waals surface area contributed by atoms with Gasteiger partial charge in [-0.1, -0.05) is 6.42 Å². The number of sulfonamides is 1. The van der Waals surface area contributed by atoms with E-state index < -0.39 is 10.0 Å². The van der Waals surface area contributed by atoms with Gasteiger partial charge in [-0.25, -0.2) is 13.4 Å². The first-order valence-corrected chi connectivity index (χ1v) is 9.45. The van der Waals surface area contributed by atoms with Gasteiger partial charge in [-0.05, 0) is 26.3 Å². The number of aromatic nitrogens is 2. The van der Waals surface area contributed by atoms with Crippen LogP contribution in [0.3, 0.4) is 0 Å². The van der Waals surface area contributed by atoms with E-state index in [0.717, 1.165) is 31.5 Å². The van der Waals surface area contributed by atoms with Crippen LogP contribution in [0.2, 0.25) is 0 Å². The fourth-order valence-corrected chi connectivity index (χ4v) is 4.15. The molecule has 122 valence electrons. The quantitative estimate of drug-likeness (QED) is 0.832. The third-order valence-electron chi connectivity index (χ3n) is 4.45. The summed E-state index contributed by atoms with van der Waals surface area (Å²) < 4.78 is 25.3. The second kappa shape index (κ2) is 6.10. The molecule has 7 nitrogen and oxygen atoms in total. The van der Waals surface area contributed by atoms with Gasteiger partial charge in [0.05, 0.1) is 23.1 Å². The van der Waals surface area contributed by atoms with E-state index in [0.29, 0.717) is 24.4 Å². The number of aromatic amines is 1. The topological polar surface area (TPSA) is 95.2 Å². The van der Waals surface area contributed by atoms with Gasteiger partial charge in [-0.2, -0.15) is 4.31 Å². The lowest BCUT2D eigenvalue weighted by Gasteiger charge is -2.28. The van der Waals surface area contributed by atoms with Gasteiger partial charge in [0.1, 0.15) is 5.82 Å². The molecule has 2 N–H and O–H groups in total. The van der Waals surface area contributed by atoms with Crippen molar-refractivity contribution in [3.8, 4) is 0 Å². The van der Waals surface area contributed by atoms with Crippen LogP contribution >= 0.6 is 0 Å². The molecule has 1 saturated heterocycles. The zero-order valence-electron chi connectivity index (χ0n) is 12.8. The number of nitrogens with one attached hydrogen (secondary N) is 2. The summed E-state index contributed by atoms with van der Waals surface area (Å²) in [7, 11) is -3.27. The number of fused-ring (bicyclic) bond motifs is 1. The highest BCUT2D eigenvalue weighted by atomic mass is 32.2. The molecule has 1 aromatic rings. The third kappa shape index (κ3) is 2.95. The molecule has 1 fully saturated rings. The minimum atomic E-state index is -3.27. The molecule has 2 aliphatic rings. The largest absolute Gasteiger partial charge is 0.309 e. The maximum Gasteiger partial charge on any atom is 0.255 e. The normalized spacial score (nSPS) is 23.2. The molecule has 1 aromatic heterocycles. The standard InChI is InChI=1S/C14H22N4O3S/c1-2-22(20,21)18-8-6-11-10(9-18)14(19)17-13(16-11)12-5-3-4-7-15-12/h12,15H,2-9H2,1H3,(H,16,17,19). The van der Waals surface area contributed by atoms with Crippen molar-refractivity contribution in [1.82, 2.24) is 19.6 Å². The molecule has 1 atom stereocenters. The van der Waals surface area contributed by atoms with E-state index in [1.807, 2.05) is 0 Å². The molecule has 0 radical (unpaired) electrons. The summed E-state index contributed by atoms with van der Waals surface area (Å²) in [4.78, 5) is 19.8. The van der Waals surface area contributed by atoms with Gasteiger partial charge < -0.3 is 10.3 Å². The van der Waals surface area contributed by atoms with Crippen LogP contribution in [0.5, 0.6) is 0 Å². The van der Waals surface area contributed by atoms with Crippen molar-refractivity contribution in [2.75, 3.05) is 18.8 Å². The molecule has 8 heteroatoms. The highest BCUT2D eigenvalue weighted by molar-refractivity contribution is 7.89. The summed E-state index contributed by atoms with van der Waals surface area (Å²) in [5.74, 6) is 0.743. The SMILES string of the molecule is CCS(=O)(=O)N1CCc2nc(C3CCCCN3)[nH]c(=O)c2C1. The van der Waals surface area contributed by atoms with Crippen LogP contribution in [-0.2, 0) is 23.0 Å². The van der Waals surface area contributed by atoms with Crippen LogP contribution in [0.25, 0.3) is 0 Å². The van der Waals surface area contributed by atoms with Gasteiger partial charge in [-0.3, -0.25) is 4.79 Å². The van der Waals surface area contributed by atoms with Crippen LogP contribution in [-0.4, -0.2) is 41.5 Å². The van der Waals surface area contributed by atoms with Gasteiger partial charge in [0, 0.05) is 19.5 Å². The Balaban J connectivity index is 1.89. The molecule has 0 amide bonds. The number of piperidine rings is 1. The van der Waals surface area contributed by atoms with Crippen LogP contribution in [0.1, 0.15) is 49.3 Å². The number of hydrogen-bond acceptors (Lipinski definition) is 5. The second-order valence-corrected chi connectivity index (χ2v) is 8.12. The van der Waals surface area contributed by atoms with Crippen LogP contribution in [0.15, 0.2) is 4.79 Å². The van der Waals surface area contributed by atoms with Crippen LogP contribution < -0.4 is 10.9 Å². The fourth-order valence-electron chi connectivity index (χ4n) is 3.09. The lowest BCUT2D eigenvalue weighted by Crippen LogP contribution is -2.41. The predicted molar refractivity (Wildman–Crippen MR) is 83.0 cm³/mol. The zero-order chi connectivity index (χ0) is 15.7. The van der Waals surface area contributed by atoms with Gasteiger partial charge in [-0.15, -0.1) is 0 Å². The van der Waals surface area contributed by atoms with Crippen LogP contribution in [0.4, 0.5) is 0 Å². The van der Waals surface area contributed by atoms with E-state index >= 15 is 0 Å². The lowest BCUT2D eigenvalue weighted by molar-refractivity contribution is 0.374. The summed E-state index contributed by atoms with van der Waals surface area (Å²) in [5, 5.41) is 3.37. The molecule has 2 aliphatic heterocycles. The molecule has 0 aromatic carbocycles. The highest BCUT2D eigenvalue weighted by Gasteiger charge is 2.29. The van der Waals surface area contributed by atoms with E-state index in [1.165, 1.54) is 4.31 Å². The Hall–Kier alpha value is -1.25. The van der Waals surface area contributed by atoms with Crippen molar-refractivity contribution in [1.29, 1.82) is 0 Å². The number of H-pyrrole nitrogens is 1. The van der Waals surface area contributed by atoms with Gasteiger partial charge >= 0.3 is 0 Å². The maximum atomic E-state index is 12.3. The second-order valence-electron chi connectivity index (χ2n) is 5.86. The van der Waals surface area contributed by atoms with Crippen molar-refractivity contribution >= 4 is 10.0 Å². The smallest absolute Gasteiger partial charge is 0.255 e. The summed E-state index contributed by atoms with van der Waals surface area (Å²) in [6, 6.07) is 0.101. The van der Waals surface area contributed by atoms with E-state index in [4.69, 9.17) is 0 Å². The van der Waals surface area contributed by atoms with E-state index in [2.05, 4.69) is 15.3 Å². The molecule has 22 heavy (non-hydrogen) atoms. The first-order chi connectivity index (χ1) is 10.5. The van der Waals surface area contributed by atoms with E-state index in [-0.39, 0.29) is 23.9 Å². The van der Waals surface area contributed by atoms with Gasteiger partial charge in [0.2, 0.25) is 10.0 Å². The molecule has 0 aliphatic carbocycles. The Morgan fingerprint density at radius 2 is 2.18 bits per heavy atom. The monoisotopic (exact) mass is 326 g/mol. The molecule has 0 spiro atoms. The number of hydrogen-bond donors (Lipinski definition) is 2. The minimum Gasteiger partial charge on any atom is -0.309 e. The Morgan fingerprint density at radius 3 is 2.86 bits per heavy atom. The predicted octanol–water partition coefficient (Wildman–Crippen LogP) is 0.292. The summed E-state index contributed by atoms with van der Waals surface area (Å²) in [5.41, 5.74) is 1.03. The summed E-state index contributed by atoms with van der Waals surface area (Å²) in [6.07, 6.45) is 3.74. The average Bonchev–Trinajstić information content (AvgIpc) is 2.55. The average molecular weight is 326 g/mol. The maximum absolute atomic E-state index is 12.3. The summed E-state index contributed by atoms with van der Waals surface area (Å²) in [6.45, 7) is 3.09. The first kappa shape index (κ1) is 15.6. The molecule has 3 rings (SSSR count). The van der Waals surface area contributed by atoms with Crippen LogP contribution in [0, 0.1) is 0 Å². The van der Waals surface area contributed by atoms with Crippen molar-refractivity contribution in [3.05, 3.63) is 27.4 Å². The third-order valence-corrected chi connectivity index (χ3v) is 6.28. The zero-order valence-corrected chi connectivity index (χ0v) is 13.6. The molecule has 0 saturated carbocycles. The molecule has 1 unspecified atom stereocenters. The molecular formula is C14H22N4O3S. The molecular weight excluding hydrogens is 304 g/mol. The Kier molecular flexibility index (Phi) is 4.33. The lowest BCUT2D eigenvalue weighted by atomic mass is 10.0. The Morgan fingerprint density at radius 1 is 1.36 bits per heavy atom. The fraction of sp³-hybridized carbons (Fsp3) is 0.714. The number of nitrogens with zero attached hydrogens (tertiary/aromatic N) is 2. The first-order valence-electron chi connectivity index (χ1n) is 7.84. The van der Waals surface area contributed by atoms with Crippen molar-refractivity contribution in [2.24, 2.45) is 0 Å². The highest BCUT2D eigenvalue weighted by Crippen LogP contribution is 2.22. The van der Waals surface area contributed by atoms with Crippen molar-refractivity contribution in [2.45, 2.75) is 45.2 Å². The van der Waals surface area contributed by atoms with E-state index in [9.17, 15) is 13.2 Å². The summed E-state index contributed by atoms with van der Waals surface area (Å²) >= 11 is 0. The van der Waals surface area contributed by atoms with Gasteiger partial charge in [0.15, 0.2) is 0 Å². The Labute approximate surface area is 130 Å². The minimum absolute atomic E-state index is 0.0533. The number of rotatable bonds is 3. The van der Waals surface area contributed by atoms with Crippen molar-refractivity contribution < 1.29 is 8.42 Å². The van der Waals surface area contributed by atoms with Crippen molar-refractivity contribution in [3.63, 3.8) is 0 Å². The van der Waals surface area contributed by atoms with Gasteiger partial charge in [0.25, 0.3) is 5.56 Å². The molecule has 0 bridgehead atoms.